The minimum atomic E-state index is 0.458. The van der Waals surface area contributed by atoms with Crippen LogP contribution in [-0.2, 0) is 0 Å². The van der Waals surface area contributed by atoms with Gasteiger partial charge in [0.05, 0.1) is 6.04 Å². The van der Waals surface area contributed by atoms with Gasteiger partial charge in [-0.2, -0.15) is 0 Å². The maximum atomic E-state index is 5.74. The zero-order chi connectivity index (χ0) is 10.7. The molecule has 15 heavy (non-hydrogen) atoms. The molecule has 1 aromatic heterocycles. The fourth-order valence-corrected chi connectivity index (χ4v) is 2.97. The first kappa shape index (κ1) is 11.0. The van der Waals surface area contributed by atoms with Crippen LogP contribution in [0.15, 0.2) is 11.6 Å². The van der Waals surface area contributed by atoms with Gasteiger partial charge in [-0.15, -0.1) is 11.3 Å². The summed E-state index contributed by atoms with van der Waals surface area (Å²) in [6.45, 7) is 5.40. The zero-order valence-electron chi connectivity index (χ0n) is 9.22. The van der Waals surface area contributed by atoms with Crippen molar-refractivity contribution < 1.29 is 0 Å². The SMILES string of the molecule is C[C@H](c1nccs1)N1CCC[C@@H](CN)C1. The standard InChI is InChI=1S/C11H19N3S/c1-9(11-13-4-6-15-11)14-5-2-3-10(7-12)8-14/h4,6,9-10H,2-3,5,7-8,12H2,1H3/t9-,10+/m1/s1. The Balaban J connectivity index is 1.98. The van der Waals surface area contributed by atoms with Crippen LogP contribution in [-0.4, -0.2) is 29.5 Å². The molecule has 1 saturated heterocycles. The van der Waals surface area contributed by atoms with Gasteiger partial charge in [-0.05, 0) is 38.8 Å². The second-order valence-corrected chi connectivity index (χ2v) is 5.21. The smallest absolute Gasteiger partial charge is 0.109 e. The number of rotatable bonds is 3. The molecule has 2 heterocycles. The summed E-state index contributed by atoms with van der Waals surface area (Å²) in [5.74, 6) is 0.682. The number of hydrogen-bond acceptors (Lipinski definition) is 4. The van der Waals surface area contributed by atoms with Crippen LogP contribution in [0, 0.1) is 5.92 Å². The van der Waals surface area contributed by atoms with Gasteiger partial charge in [-0.1, -0.05) is 0 Å². The average molecular weight is 225 g/mol. The number of thiazole rings is 1. The molecule has 0 aliphatic carbocycles. The van der Waals surface area contributed by atoms with Crippen LogP contribution < -0.4 is 5.73 Å². The van der Waals surface area contributed by atoms with Crippen molar-refractivity contribution >= 4 is 11.3 Å². The second-order valence-electron chi connectivity index (χ2n) is 4.29. The first-order valence-corrected chi connectivity index (χ1v) is 6.52. The summed E-state index contributed by atoms with van der Waals surface area (Å²) in [6.07, 6.45) is 4.45. The molecule has 2 N–H and O–H groups in total. The summed E-state index contributed by atoms with van der Waals surface area (Å²) in [6, 6.07) is 0.458. The second kappa shape index (κ2) is 5.05. The third-order valence-corrected chi connectivity index (χ3v) is 4.19. The largest absolute Gasteiger partial charge is 0.330 e. The molecule has 84 valence electrons. The van der Waals surface area contributed by atoms with Gasteiger partial charge < -0.3 is 5.73 Å². The number of nitrogens with zero attached hydrogens (tertiary/aromatic N) is 2. The number of hydrogen-bond donors (Lipinski definition) is 1. The molecule has 2 atom stereocenters. The van der Waals surface area contributed by atoms with Crippen molar-refractivity contribution in [2.45, 2.75) is 25.8 Å². The van der Waals surface area contributed by atoms with Gasteiger partial charge in [0.15, 0.2) is 0 Å². The lowest BCUT2D eigenvalue weighted by molar-refractivity contribution is 0.134. The molecule has 1 fully saturated rings. The van der Waals surface area contributed by atoms with E-state index < -0.39 is 0 Å². The highest BCUT2D eigenvalue weighted by Gasteiger charge is 2.24. The molecule has 0 unspecified atom stereocenters. The van der Waals surface area contributed by atoms with Crippen LogP contribution in [0.5, 0.6) is 0 Å². The van der Waals surface area contributed by atoms with Crippen molar-refractivity contribution in [2.24, 2.45) is 11.7 Å². The Morgan fingerprint density at radius 3 is 3.27 bits per heavy atom. The summed E-state index contributed by atoms with van der Waals surface area (Å²) in [7, 11) is 0. The van der Waals surface area contributed by atoms with E-state index in [1.54, 1.807) is 11.3 Å². The number of aromatic nitrogens is 1. The van der Waals surface area contributed by atoms with Gasteiger partial charge in [0.25, 0.3) is 0 Å². The lowest BCUT2D eigenvalue weighted by atomic mass is 9.97. The fourth-order valence-electron chi connectivity index (χ4n) is 2.24. The van der Waals surface area contributed by atoms with Crippen molar-refractivity contribution in [1.82, 2.24) is 9.88 Å². The normalized spacial score (nSPS) is 25.3. The summed E-state index contributed by atoms with van der Waals surface area (Å²) in [5, 5.41) is 3.28. The lowest BCUT2D eigenvalue weighted by Gasteiger charge is -2.35. The minimum Gasteiger partial charge on any atom is -0.330 e. The Kier molecular flexibility index (Phi) is 3.72. The molecular weight excluding hydrogens is 206 g/mol. The maximum Gasteiger partial charge on any atom is 0.109 e. The van der Waals surface area contributed by atoms with Gasteiger partial charge in [-0.25, -0.2) is 4.98 Å². The number of piperidine rings is 1. The zero-order valence-corrected chi connectivity index (χ0v) is 10.0. The molecule has 2 rings (SSSR count). The molecule has 0 spiro atoms. The van der Waals surface area contributed by atoms with Crippen molar-refractivity contribution in [3.63, 3.8) is 0 Å². The highest BCUT2D eigenvalue weighted by molar-refractivity contribution is 7.09. The van der Waals surface area contributed by atoms with Crippen LogP contribution >= 0.6 is 11.3 Å². The van der Waals surface area contributed by atoms with Gasteiger partial charge >= 0.3 is 0 Å². The van der Waals surface area contributed by atoms with E-state index in [1.165, 1.54) is 24.4 Å². The third-order valence-electron chi connectivity index (χ3n) is 3.24. The van der Waals surface area contributed by atoms with Crippen LogP contribution in [0.3, 0.4) is 0 Å². The Morgan fingerprint density at radius 2 is 2.60 bits per heavy atom. The predicted octanol–water partition coefficient (Wildman–Crippen LogP) is 1.87. The van der Waals surface area contributed by atoms with E-state index in [9.17, 15) is 0 Å². The molecule has 0 saturated carbocycles. The van der Waals surface area contributed by atoms with Crippen molar-refractivity contribution in [1.29, 1.82) is 0 Å². The van der Waals surface area contributed by atoms with E-state index in [-0.39, 0.29) is 0 Å². The molecule has 1 aliphatic heterocycles. The predicted molar refractivity (Wildman–Crippen MR) is 63.9 cm³/mol. The molecule has 0 aromatic carbocycles. The molecule has 0 bridgehead atoms. The summed E-state index contributed by atoms with van der Waals surface area (Å²) in [5.41, 5.74) is 5.74. The van der Waals surface area contributed by atoms with E-state index in [0.717, 1.165) is 13.1 Å². The number of likely N-dealkylation sites (tertiary alicyclic amines) is 1. The Bertz CT molecular complexity index is 286. The van der Waals surface area contributed by atoms with E-state index in [1.807, 2.05) is 6.20 Å². The van der Waals surface area contributed by atoms with Gasteiger partial charge in [0.2, 0.25) is 0 Å². The van der Waals surface area contributed by atoms with Crippen LogP contribution in [0.1, 0.15) is 30.8 Å². The van der Waals surface area contributed by atoms with Gasteiger partial charge in [-0.3, -0.25) is 4.90 Å². The van der Waals surface area contributed by atoms with Crippen LogP contribution in [0.4, 0.5) is 0 Å². The van der Waals surface area contributed by atoms with E-state index in [0.29, 0.717) is 12.0 Å². The average Bonchev–Trinajstić information content (AvgIpc) is 2.81. The van der Waals surface area contributed by atoms with Crippen molar-refractivity contribution in [2.75, 3.05) is 19.6 Å². The summed E-state index contributed by atoms with van der Waals surface area (Å²) < 4.78 is 0. The molecule has 1 aromatic rings. The maximum absolute atomic E-state index is 5.74. The highest BCUT2D eigenvalue weighted by Crippen LogP contribution is 2.27. The lowest BCUT2D eigenvalue weighted by Crippen LogP contribution is -2.39. The van der Waals surface area contributed by atoms with Crippen LogP contribution in [0.2, 0.25) is 0 Å². The molecule has 1 aliphatic rings. The van der Waals surface area contributed by atoms with Gasteiger partial charge in [0.1, 0.15) is 5.01 Å². The monoisotopic (exact) mass is 225 g/mol. The molecule has 3 nitrogen and oxygen atoms in total. The summed E-state index contributed by atoms with van der Waals surface area (Å²) >= 11 is 1.75. The number of nitrogens with two attached hydrogens (primary N) is 1. The molecule has 0 amide bonds. The van der Waals surface area contributed by atoms with Gasteiger partial charge in [0, 0.05) is 18.1 Å². The Hall–Kier alpha value is -0.450. The quantitative estimate of drug-likeness (QED) is 0.854. The Morgan fingerprint density at radius 1 is 1.73 bits per heavy atom. The molecule has 4 heteroatoms. The van der Waals surface area contributed by atoms with E-state index in [4.69, 9.17) is 5.73 Å². The first-order valence-electron chi connectivity index (χ1n) is 5.64. The molecular formula is C11H19N3S. The van der Waals surface area contributed by atoms with Crippen molar-refractivity contribution in [3.05, 3.63) is 16.6 Å². The fraction of sp³-hybridized carbons (Fsp3) is 0.727. The summed E-state index contributed by atoms with van der Waals surface area (Å²) in [4.78, 5) is 6.90. The van der Waals surface area contributed by atoms with Crippen LogP contribution in [0.25, 0.3) is 0 Å². The first-order chi connectivity index (χ1) is 7.31. The topological polar surface area (TPSA) is 42.2 Å². The highest BCUT2D eigenvalue weighted by atomic mass is 32.1. The minimum absolute atomic E-state index is 0.458. The van der Waals surface area contributed by atoms with E-state index >= 15 is 0 Å². The third kappa shape index (κ3) is 2.56. The van der Waals surface area contributed by atoms with Crippen molar-refractivity contribution in [3.8, 4) is 0 Å². The van der Waals surface area contributed by atoms with E-state index in [2.05, 4.69) is 22.2 Å². The Labute approximate surface area is 95.3 Å². The molecule has 0 radical (unpaired) electrons.